The first-order valence-corrected chi connectivity index (χ1v) is 7.84. The van der Waals surface area contributed by atoms with Crippen LogP contribution < -0.4 is 0 Å². The summed E-state index contributed by atoms with van der Waals surface area (Å²) < 4.78 is 0. The van der Waals surface area contributed by atoms with Crippen molar-refractivity contribution in [1.29, 1.82) is 0 Å². The molecular weight excluding hydrogens is 339 g/mol. The lowest BCUT2D eigenvalue weighted by molar-refractivity contribution is -0.129. The van der Waals surface area contributed by atoms with Gasteiger partial charge in [0.05, 0.1) is 11.6 Å². The number of halogens is 2. The molecule has 5 nitrogen and oxygen atoms in total. The minimum absolute atomic E-state index is 0.0676. The Hall–Kier alpha value is -1.56. The largest absolute Gasteiger partial charge is 0.503 e. The Balaban J connectivity index is 2.51. The zero-order valence-electron chi connectivity index (χ0n) is 13.1. The average Bonchev–Trinajstić information content (AvgIpc) is 2.69. The number of aliphatic hydroxyl groups is 1. The van der Waals surface area contributed by atoms with Gasteiger partial charge in [-0.2, -0.15) is 0 Å². The van der Waals surface area contributed by atoms with Gasteiger partial charge in [-0.3, -0.25) is 9.59 Å². The maximum atomic E-state index is 12.4. The van der Waals surface area contributed by atoms with Crippen molar-refractivity contribution in [2.75, 3.05) is 27.2 Å². The van der Waals surface area contributed by atoms with Gasteiger partial charge in [-0.25, -0.2) is 0 Å². The molecule has 124 valence electrons. The quantitative estimate of drug-likeness (QED) is 0.880. The molecule has 0 saturated carbocycles. The van der Waals surface area contributed by atoms with Gasteiger partial charge < -0.3 is 14.9 Å². The van der Waals surface area contributed by atoms with Crippen molar-refractivity contribution in [1.82, 2.24) is 9.80 Å². The summed E-state index contributed by atoms with van der Waals surface area (Å²) in [5.41, 5.74) is 0.635. The number of carbonyl (C=O) groups excluding carboxylic acids is 2. The third-order valence-corrected chi connectivity index (χ3v) is 4.29. The van der Waals surface area contributed by atoms with Crippen molar-refractivity contribution in [3.05, 3.63) is 45.1 Å². The van der Waals surface area contributed by atoms with Crippen LogP contribution in [-0.4, -0.2) is 53.8 Å². The maximum Gasteiger partial charge on any atom is 0.290 e. The number of carbonyl (C=O) groups is 2. The van der Waals surface area contributed by atoms with E-state index in [4.69, 9.17) is 23.2 Å². The molecule has 0 saturated heterocycles. The summed E-state index contributed by atoms with van der Waals surface area (Å²) in [6, 6.07) is 4.17. The number of Topliss-reactive ketones (excluding diaryl/α,β-unsaturated/α-hetero) is 1. The van der Waals surface area contributed by atoms with Crippen LogP contribution in [0.3, 0.4) is 0 Å². The molecule has 2 rings (SSSR count). The highest BCUT2D eigenvalue weighted by atomic mass is 35.5. The first kappa shape index (κ1) is 17.8. The molecule has 0 spiro atoms. The highest BCUT2D eigenvalue weighted by molar-refractivity contribution is 6.35. The third-order valence-electron chi connectivity index (χ3n) is 3.73. The lowest BCUT2D eigenvalue weighted by Crippen LogP contribution is -2.36. The Kier molecular flexibility index (Phi) is 5.34. The number of hydrogen-bond donors (Lipinski definition) is 1. The minimum Gasteiger partial charge on any atom is -0.503 e. The van der Waals surface area contributed by atoms with Crippen LogP contribution >= 0.6 is 23.2 Å². The fraction of sp³-hybridized carbons (Fsp3) is 0.375. The lowest BCUT2D eigenvalue weighted by atomic mass is 9.96. The number of rotatable bonds is 5. The van der Waals surface area contributed by atoms with Gasteiger partial charge >= 0.3 is 0 Å². The van der Waals surface area contributed by atoms with Gasteiger partial charge in [0, 0.05) is 23.1 Å². The van der Waals surface area contributed by atoms with Crippen LogP contribution in [-0.2, 0) is 9.59 Å². The van der Waals surface area contributed by atoms with Crippen molar-refractivity contribution in [3.63, 3.8) is 0 Å². The molecule has 0 fully saturated rings. The van der Waals surface area contributed by atoms with E-state index in [-0.39, 0.29) is 11.4 Å². The summed E-state index contributed by atoms with van der Waals surface area (Å²) in [6.45, 7) is 2.27. The Bertz CT molecular complexity index is 686. The predicted octanol–water partition coefficient (Wildman–Crippen LogP) is 2.84. The summed E-state index contributed by atoms with van der Waals surface area (Å²) >= 11 is 12.2. The smallest absolute Gasteiger partial charge is 0.290 e. The SMILES string of the molecule is CC(=O)C1=C(O)C(=O)N(CCN(C)C)C1c1ccc(Cl)cc1Cl. The molecule has 1 unspecified atom stereocenters. The number of ketones is 1. The number of likely N-dealkylation sites (N-methyl/N-ethyl adjacent to an activating group) is 1. The van der Waals surface area contributed by atoms with Crippen LogP contribution in [0.2, 0.25) is 10.0 Å². The third kappa shape index (κ3) is 3.52. The van der Waals surface area contributed by atoms with E-state index in [1.807, 2.05) is 19.0 Å². The number of nitrogens with zero attached hydrogens (tertiary/aromatic N) is 2. The van der Waals surface area contributed by atoms with Crippen LogP contribution in [0.5, 0.6) is 0 Å². The first-order valence-electron chi connectivity index (χ1n) is 7.08. The van der Waals surface area contributed by atoms with Crippen molar-refractivity contribution in [3.8, 4) is 0 Å². The van der Waals surface area contributed by atoms with Crippen molar-refractivity contribution >= 4 is 34.9 Å². The summed E-state index contributed by atoms with van der Waals surface area (Å²) in [5, 5.41) is 10.9. The Labute approximate surface area is 145 Å². The molecule has 0 radical (unpaired) electrons. The lowest BCUT2D eigenvalue weighted by Gasteiger charge is -2.28. The van der Waals surface area contributed by atoms with Crippen LogP contribution in [0.4, 0.5) is 0 Å². The van der Waals surface area contributed by atoms with Gasteiger partial charge in [-0.05, 0) is 38.7 Å². The minimum atomic E-state index is -0.704. The molecule has 23 heavy (non-hydrogen) atoms. The number of hydrogen-bond acceptors (Lipinski definition) is 4. The van der Waals surface area contributed by atoms with Crippen LogP contribution in [0.25, 0.3) is 0 Å². The first-order chi connectivity index (χ1) is 10.7. The monoisotopic (exact) mass is 356 g/mol. The molecular formula is C16H18Cl2N2O3. The molecule has 1 aromatic carbocycles. The van der Waals surface area contributed by atoms with Gasteiger partial charge in [0.15, 0.2) is 11.5 Å². The van der Waals surface area contributed by atoms with E-state index in [0.717, 1.165) is 0 Å². The standard InChI is InChI=1S/C16H18Cl2N2O3/c1-9(21)13-14(11-5-4-10(17)8-12(11)18)20(7-6-19(2)3)16(23)15(13)22/h4-5,8,14,22H,6-7H2,1-3H3. The predicted molar refractivity (Wildman–Crippen MR) is 89.8 cm³/mol. The maximum absolute atomic E-state index is 12.4. The van der Waals surface area contributed by atoms with Crippen LogP contribution in [0.1, 0.15) is 18.5 Å². The van der Waals surface area contributed by atoms with Crippen molar-refractivity contribution in [2.45, 2.75) is 13.0 Å². The van der Waals surface area contributed by atoms with E-state index in [0.29, 0.717) is 28.7 Å². The topological polar surface area (TPSA) is 60.9 Å². The molecule has 1 aromatic rings. The molecule has 0 aliphatic carbocycles. The molecule has 1 amide bonds. The van der Waals surface area contributed by atoms with E-state index >= 15 is 0 Å². The number of aliphatic hydroxyl groups excluding tert-OH is 1. The zero-order valence-corrected chi connectivity index (χ0v) is 14.6. The highest BCUT2D eigenvalue weighted by Gasteiger charge is 2.42. The van der Waals surface area contributed by atoms with Gasteiger partial charge in [-0.15, -0.1) is 0 Å². The number of amides is 1. The van der Waals surface area contributed by atoms with E-state index in [2.05, 4.69) is 0 Å². The molecule has 1 N–H and O–H groups in total. The van der Waals surface area contributed by atoms with Gasteiger partial charge in [0.1, 0.15) is 0 Å². The second kappa shape index (κ2) is 6.91. The Morgan fingerprint density at radius 2 is 2.00 bits per heavy atom. The van der Waals surface area contributed by atoms with E-state index < -0.39 is 17.7 Å². The van der Waals surface area contributed by atoms with E-state index in [9.17, 15) is 14.7 Å². The van der Waals surface area contributed by atoms with Gasteiger partial charge in [-0.1, -0.05) is 29.3 Å². The number of benzene rings is 1. The van der Waals surface area contributed by atoms with Crippen LogP contribution in [0.15, 0.2) is 29.5 Å². The van der Waals surface area contributed by atoms with Crippen molar-refractivity contribution in [2.24, 2.45) is 0 Å². The molecule has 0 bridgehead atoms. The molecule has 1 atom stereocenters. The second-order valence-electron chi connectivity index (χ2n) is 5.69. The molecule has 0 aromatic heterocycles. The van der Waals surface area contributed by atoms with E-state index in [1.165, 1.54) is 11.8 Å². The molecule has 7 heteroatoms. The molecule has 1 aliphatic rings. The summed E-state index contributed by atoms with van der Waals surface area (Å²) in [5.74, 6) is -1.43. The Morgan fingerprint density at radius 1 is 1.35 bits per heavy atom. The average molecular weight is 357 g/mol. The fourth-order valence-corrected chi connectivity index (χ4v) is 3.11. The Morgan fingerprint density at radius 3 is 2.52 bits per heavy atom. The molecule has 1 aliphatic heterocycles. The van der Waals surface area contributed by atoms with Crippen molar-refractivity contribution < 1.29 is 14.7 Å². The summed E-state index contributed by atoms with van der Waals surface area (Å²) in [7, 11) is 3.76. The van der Waals surface area contributed by atoms with Crippen LogP contribution in [0, 0.1) is 0 Å². The summed E-state index contributed by atoms with van der Waals surface area (Å²) in [4.78, 5) is 27.7. The van der Waals surface area contributed by atoms with Gasteiger partial charge in [0.2, 0.25) is 0 Å². The van der Waals surface area contributed by atoms with E-state index in [1.54, 1.807) is 18.2 Å². The normalized spacial score (nSPS) is 18.3. The van der Waals surface area contributed by atoms with Gasteiger partial charge in [0.25, 0.3) is 5.91 Å². The highest BCUT2D eigenvalue weighted by Crippen LogP contribution is 2.40. The fourth-order valence-electron chi connectivity index (χ4n) is 2.60. The molecule has 1 heterocycles. The second-order valence-corrected chi connectivity index (χ2v) is 6.53. The summed E-state index contributed by atoms with van der Waals surface area (Å²) in [6.07, 6.45) is 0. The zero-order chi connectivity index (χ0) is 17.3.